The van der Waals surface area contributed by atoms with Gasteiger partial charge in [0.15, 0.2) is 0 Å². The van der Waals surface area contributed by atoms with Gasteiger partial charge in [-0.05, 0) is 0 Å². The molecule has 0 heterocycles. The average molecular weight is 377 g/mol. The summed E-state index contributed by atoms with van der Waals surface area (Å²) in [6.07, 6.45) is 2.21. The first-order valence-corrected chi connectivity index (χ1v) is 9.81. The molecule has 0 aliphatic rings. The normalized spacial score (nSPS) is 10.4. The summed E-state index contributed by atoms with van der Waals surface area (Å²) < 4.78 is 0. The second kappa shape index (κ2) is 9.87. The van der Waals surface area contributed by atoms with Crippen LogP contribution in [0.4, 0.5) is 0 Å². The van der Waals surface area contributed by atoms with Gasteiger partial charge in [-0.15, -0.1) is 0 Å². The van der Waals surface area contributed by atoms with E-state index in [-0.39, 0.29) is 11.5 Å². The third-order valence-corrected chi connectivity index (χ3v) is 5.80. The molecule has 130 valence electrons. The van der Waals surface area contributed by atoms with E-state index < -0.39 is 8.92 Å². The Morgan fingerprint density at radius 3 is 1.70 bits per heavy atom. The third kappa shape index (κ3) is 6.10. The Balaban J connectivity index is 0.000000463. The van der Waals surface area contributed by atoms with Gasteiger partial charge in [-0.3, -0.25) is 0 Å². The number of aryl methyl sites for hydroxylation is 2. The second-order valence-corrected chi connectivity index (χ2v) is 7.83. The molecular weight excluding hydrogens is 353 g/mol. The monoisotopic (exact) mass is 376 g/mol. The summed E-state index contributed by atoms with van der Waals surface area (Å²) in [6, 6.07) is 10.7. The molecule has 2 aromatic carbocycles. The maximum atomic E-state index is 9.89. The van der Waals surface area contributed by atoms with Gasteiger partial charge in [0.25, 0.3) is 0 Å². The van der Waals surface area contributed by atoms with Gasteiger partial charge < -0.3 is 5.73 Å². The summed E-state index contributed by atoms with van der Waals surface area (Å²) >= 11 is 5.13. The van der Waals surface area contributed by atoms with Gasteiger partial charge in [-0.2, -0.15) is 6.54 Å². The fourth-order valence-electron chi connectivity index (χ4n) is 1.80. The van der Waals surface area contributed by atoms with Crippen molar-refractivity contribution in [3.8, 4) is 11.5 Å². The number of phenolic OH excluding ortho intramolecular Hbond substituents is 2. The molecule has 0 aliphatic carbocycles. The van der Waals surface area contributed by atoms with Crippen molar-refractivity contribution in [2.24, 2.45) is 0 Å². The van der Waals surface area contributed by atoms with Crippen LogP contribution in [0.5, 0.6) is 11.5 Å². The minimum atomic E-state index is -0.715. The molecule has 0 bridgehead atoms. The molecule has 0 unspecified atom stereocenters. The summed E-state index contributed by atoms with van der Waals surface area (Å²) in [5.74, 6) is 0.382. The Labute approximate surface area is 147 Å². The van der Waals surface area contributed by atoms with Gasteiger partial charge in [-0.1, -0.05) is 19.8 Å². The van der Waals surface area contributed by atoms with Crippen molar-refractivity contribution in [1.29, 1.82) is 0 Å². The van der Waals surface area contributed by atoms with Crippen LogP contribution in [0.2, 0.25) is 0 Å². The molecule has 0 aliphatic heterocycles. The molecule has 3 nitrogen and oxygen atoms in total. The van der Waals surface area contributed by atoms with Crippen molar-refractivity contribution in [3.63, 3.8) is 0 Å². The van der Waals surface area contributed by atoms with Gasteiger partial charge in [0, 0.05) is 0 Å². The number of hydrogen-bond acceptors (Lipinski definition) is 2. The van der Waals surface area contributed by atoms with E-state index in [0.717, 1.165) is 24.0 Å². The Morgan fingerprint density at radius 2 is 1.39 bits per heavy atom. The second-order valence-electron chi connectivity index (χ2n) is 5.28. The molecule has 2 aromatic rings. The van der Waals surface area contributed by atoms with Gasteiger partial charge >= 0.3 is 116 Å². The maximum absolute atomic E-state index is 9.89. The van der Waals surface area contributed by atoms with E-state index >= 15 is 0 Å². The van der Waals surface area contributed by atoms with Crippen molar-refractivity contribution in [2.45, 2.75) is 43.4 Å². The quantitative estimate of drug-likeness (QED) is 0.671. The fourth-order valence-corrected chi connectivity index (χ4v) is 4.05. The van der Waals surface area contributed by atoms with Gasteiger partial charge in [0.05, 0.1) is 0 Å². The Morgan fingerprint density at radius 1 is 0.957 bits per heavy atom. The number of unbranched alkanes of at least 4 members (excludes halogenated alkanes) is 1. The number of nitrogens with one attached hydrogen (secondary N) is 1. The SMILES string of the molecule is CCCC[NH-].Cc1ccc(O)c([S](=[Ni])c2cc(C)ccc2O)c1. The Hall–Kier alpha value is -1.16. The molecule has 2 rings (SSSR count). The molecule has 0 radical (unpaired) electrons. The van der Waals surface area contributed by atoms with Crippen LogP contribution < -0.4 is 0 Å². The fraction of sp³-hybridized carbons (Fsp3) is 0.333. The number of hydrogen-bond donors (Lipinski definition) is 2. The van der Waals surface area contributed by atoms with Crippen LogP contribution in [0.15, 0.2) is 46.2 Å². The van der Waals surface area contributed by atoms with Gasteiger partial charge in [0.2, 0.25) is 0 Å². The van der Waals surface area contributed by atoms with E-state index in [1.54, 1.807) is 12.1 Å². The Bertz CT molecular complexity index is 619. The standard InChI is InChI=1S/C14H14O2S.C4H10N.Ni/c1-9-3-5-11(15)13(7-9)17-14-8-10(2)4-6-12(14)16;1-2-3-4-5;/h3-8,15-16H,1-2H3;5H,2-4H2,1H3;/q;-1;. The van der Waals surface area contributed by atoms with E-state index in [1.807, 2.05) is 38.1 Å². The van der Waals surface area contributed by atoms with E-state index in [1.165, 1.54) is 0 Å². The molecule has 0 aromatic heterocycles. The van der Waals surface area contributed by atoms with Crippen LogP contribution in [-0.4, -0.2) is 16.8 Å². The zero-order chi connectivity index (χ0) is 17.4. The summed E-state index contributed by atoms with van der Waals surface area (Å²) in [6.45, 7) is 6.59. The predicted molar refractivity (Wildman–Crippen MR) is 93.9 cm³/mol. The van der Waals surface area contributed by atoms with E-state index in [4.69, 9.17) is 19.6 Å². The number of aromatic hydroxyl groups is 2. The topological polar surface area (TPSA) is 64.3 Å². The molecule has 5 heteroatoms. The molecule has 0 fully saturated rings. The molecule has 0 saturated heterocycles. The number of benzene rings is 2. The van der Waals surface area contributed by atoms with Crippen molar-refractivity contribution < 1.29 is 24.1 Å². The van der Waals surface area contributed by atoms with Crippen molar-refractivity contribution >= 4 is 8.92 Å². The summed E-state index contributed by atoms with van der Waals surface area (Å²) in [7, 11) is -0.715. The molecular formula is C18H24NNiO2S-. The first kappa shape index (κ1) is 19.9. The van der Waals surface area contributed by atoms with E-state index in [2.05, 4.69) is 6.92 Å². The van der Waals surface area contributed by atoms with Crippen LogP contribution in [-0.2, 0) is 13.9 Å². The predicted octanol–water partition coefficient (Wildman–Crippen LogP) is 5.70. The molecule has 23 heavy (non-hydrogen) atoms. The molecule has 0 atom stereocenters. The van der Waals surface area contributed by atoms with Crippen molar-refractivity contribution in [3.05, 3.63) is 53.3 Å². The van der Waals surface area contributed by atoms with Crippen LogP contribution in [0.1, 0.15) is 30.9 Å². The van der Waals surface area contributed by atoms with E-state index in [0.29, 0.717) is 16.3 Å². The zero-order valence-electron chi connectivity index (χ0n) is 13.7. The molecule has 0 saturated carbocycles. The van der Waals surface area contributed by atoms with Crippen molar-refractivity contribution in [2.75, 3.05) is 6.54 Å². The summed E-state index contributed by atoms with van der Waals surface area (Å²) in [5.41, 5.74) is 8.69. The van der Waals surface area contributed by atoms with Crippen LogP contribution in [0.25, 0.3) is 5.73 Å². The average Bonchev–Trinajstić information content (AvgIpc) is 2.53. The minimum absolute atomic E-state index is 0.191. The number of rotatable bonds is 4. The molecule has 3 N–H and O–H groups in total. The summed E-state index contributed by atoms with van der Waals surface area (Å²) in [5, 5.41) is 19.8. The molecule has 0 spiro atoms. The number of phenols is 2. The summed E-state index contributed by atoms with van der Waals surface area (Å²) in [4.78, 5) is 1.41. The first-order chi connectivity index (χ1) is 10.9. The van der Waals surface area contributed by atoms with Gasteiger partial charge in [-0.25, -0.2) is 0 Å². The van der Waals surface area contributed by atoms with E-state index in [9.17, 15) is 10.2 Å². The molecule has 0 amide bonds. The Kier molecular flexibility index (Phi) is 8.53. The zero-order valence-corrected chi connectivity index (χ0v) is 15.5. The van der Waals surface area contributed by atoms with Crippen LogP contribution in [0, 0.1) is 13.8 Å². The van der Waals surface area contributed by atoms with Crippen LogP contribution in [0.3, 0.4) is 0 Å². The first-order valence-electron chi connectivity index (χ1n) is 7.52. The van der Waals surface area contributed by atoms with Gasteiger partial charge in [0.1, 0.15) is 0 Å². The van der Waals surface area contributed by atoms with Crippen molar-refractivity contribution in [1.82, 2.24) is 0 Å². The third-order valence-electron chi connectivity index (χ3n) is 3.12. The van der Waals surface area contributed by atoms with Crippen LogP contribution >= 0.6 is 8.92 Å².